The quantitative estimate of drug-likeness (QED) is 0.774. The molecule has 0 spiro atoms. The predicted molar refractivity (Wildman–Crippen MR) is 65.1 cm³/mol. The molecule has 1 unspecified atom stereocenters. The van der Waals surface area contributed by atoms with Crippen molar-refractivity contribution in [3.05, 3.63) is 36.2 Å². The van der Waals surface area contributed by atoms with Crippen LogP contribution in [0.25, 0.3) is 5.69 Å². The third-order valence-corrected chi connectivity index (χ3v) is 2.47. The Morgan fingerprint density at radius 1 is 1.44 bits per heavy atom. The van der Waals surface area contributed by atoms with Crippen molar-refractivity contribution in [2.75, 3.05) is 6.54 Å². The summed E-state index contributed by atoms with van der Waals surface area (Å²) < 4.78 is 1.52. The topological polar surface area (TPSA) is 98.7 Å². The number of hydrogen-bond acceptors (Lipinski definition) is 5. The maximum atomic E-state index is 11.8. The van der Waals surface area contributed by atoms with Gasteiger partial charge in [0.1, 0.15) is 6.33 Å². The number of carbonyl (C=O) groups excluding carboxylic acids is 1. The molecule has 7 heteroatoms. The number of hydrogen-bond donors (Lipinski definition) is 2. The van der Waals surface area contributed by atoms with Gasteiger partial charge in [0.25, 0.3) is 5.91 Å². The lowest BCUT2D eigenvalue weighted by Gasteiger charge is -2.11. The minimum absolute atomic E-state index is 0.0447. The SMILES string of the molecule is CC(CN)NC(=O)c1ccc(-n2cnnn2)cc1. The molecule has 1 heterocycles. The van der Waals surface area contributed by atoms with E-state index in [4.69, 9.17) is 5.73 Å². The minimum Gasteiger partial charge on any atom is -0.348 e. The molecule has 3 N–H and O–H groups in total. The van der Waals surface area contributed by atoms with Gasteiger partial charge in [0.2, 0.25) is 0 Å². The number of amides is 1. The number of aromatic nitrogens is 4. The standard InChI is InChI=1S/C11H14N6O/c1-8(6-12)14-11(18)9-2-4-10(5-3-9)17-7-13-15-16-17/h2-5,7-8H,6,12H2,1H3,(H,14,18). The summed E-state index contributed by atoms with van der Waals surface area (Å²) >= 11 is 0. The zero-order valence-electron chi connectivity index (χ0n) is 9.95. The molecule has 0 fully saturated rings. The van der Waals surface area contributed by atoms with Crippen molar-refractivity contribution >= 4 is 5.91 Å². The molecule has 18 heavy (non-hydrogen) atoms. The van der Waals surface area contributed by atoms with Crippen molar-refractivity contribution < 1.29 is 4.79 Å². The highest BCUT2D eigenvalue weighted by atomic mass is 16.1. The highest BCUT2D eigenvalue weighted by Crippen LogP contribution is 2.07. The zero-order valence-corrected chi connectivity index (χ0v) is 9.95. The Balaban J connectivity index is 2.10. The summed E-state index contributed by atoms with van der Waals surface area (Å²) in [5, 5.41) is 13.6. The van der Waals surface area contributed by atoms with E-state index in [2.05, 4.69) is 20.8 Å². The summed E-state index contributed by atoms with van der Waals surface area (Å²) in [5.74, 6) is -0.142. The van der Waals surface area contributed by atoms with Gasteiger partial charge in [0.05, 0.1) is 5.69 Å². The summed E-state index contributed by atoms with van der Waals surface area (Å²) in [4.78, 5) is 11.8. The van der Waals surface area contributed by atoms with E-state index in [1.165, 1.54) is 11.0 Å². The van der Waals surface area contributed by atoms with Gasteiger partial charge in [-0.05, 0) is 41.6 Å². The van der Waals surface area contributed by atoms with Gasteiger partial charge in [-0.1, -0.05) is 0 Å². The number of nitrogens with two attached hydrogens (primary N) is 1. The summed E-state index contributed by atoms with van der Waals surface area (Å²) in [5.41, 5.74) is 6.82. The fourth-order valence-electron chi connectivity index (χ4n) is 1.41. The Morgan fingerprint density at radius 2 is 2.17 bits per heavy atom. The number of nitrogens with zero attached hydrogens (tertiary/aromatic N) is 4. The molecule has 0 radical (unpaired) electrons. The van der Waals surface area contributed by atoms with E-state index in [1.807, 2.05) is 6.92 Å². The maximum absolute atomic E-state index is 11.8. The van der Waals surface area contributed by atoms with Crippen LogP contribution < -0.4 is 11.1 Å². The van der Waals surface area contributed by atoms with E-state index in [0.29, 0.717) is 12.1 Å². The van der Waals surface area contributed by atoms with Gasteiger partial charge in [-0.25, -0.2) is 4.68 Å². The van der Waals surface area contributed by atoms with Crippen LogP contribution >= 0.6 is 0 Å². The van der Waals surface area contributed by atoms with Crippen molar-refractivity contribution in [3.63, 3.8) is 0 Å². The number of carbonyl (C=O) groups is 1. The Kier molecular flexibility index (Phi) is 3.63. The van der Waals surface area contributed by atoms with Crippen LogP contribution in [0.4, 0.5) is 0 Å². The van der Waals surface area contributed by atoms with Gasteiger partial charge in [0.15, 0.2) is 0 Å². The third kappa shape index (κ3) is 2.69. The first-order valence-electron chi connectivity index (χ1n) is 5.55. The van der Waals surface area contributed by atoms with Gasteiger partial charge in [-0.15, -0.1) is 5.10 Å². The second kappa shape index (κ2) is 5.37. The molecule has 7 nitrogen and oxygen atoms in total. The van der Waals surface area contributed by atoms with Crippen molar-refractivity contribution in [2.45, 2.75) is 13.0 Å². The molecule has 1 aromatic carbocycles. The van der Waals surface area contributed by atoms with Gasteiger partial charge in [-0.3, -0.25) is 4.79 Å². The van der Waals surface area contributed by atoms with Gasteiger partial charge >= 0.3 is 0 Å². The van der Waals surface area contributed by atoms with Crippen LogP contribution in [0.3, 0.4) is 0 Å². The molecule has 1 amide bonds. The molecule has 0 aliphatic carbocycles. The molecule has 0 saturated carbocycles. The van der Waals surface area contributed by atoms with E-state index in [-0.39, 0.29) is 11.9 Å². The summed E-state index contributed by atoms with van der Waals surface area (Å²) in [7, 11) is 0. The smallest absolute Gasteiger partial charge is 0.251 e. The van der Waals surface area contributed by atoms with Gasteiger partial charge in [-0.2, -0.15) is 0 Å². The average molecular weight is 246 g/mol. The third-order valence-electron chi connectivity index (χ3n) is 2.47. The highest BCUT2D eigenvalue weighted by molar-refractivity contribution is 5.94. The van der Waals surface area contributed by atoms with Gasteiger partial charge in [0, 0.05) is 18.2 Å². The Bertz CT molecular complexity index is 507. The van der Waals surface area contributed by atoms with Crippen LogP contribution in [0.1, 0.15) is 17.3 Å². The molecule has 2 rings (SSSR count). The maximum Gasteiger partial charge on any atom is 0.251 e. The van der Waals surface area contributed by atoms with Crippen LogP contribution in [0.15, 0.2) is 30.6 Å². The first-order chi connectivity index (χ1) is 8.70. The number of benzene rings is 1. The lowest BCUT2D eigenvalue weighted by molar-refractivity contribution is 0.0941. The fourth-order valence-corrected chi connectivity index (χ4v) is 1.41. The minimum atomic E-state index is -0.142. The lowest BCUT2D eigenvalue weighted by Crippen LogP contribution is -2.37. The molecular formula is C11H14N6O. The average Bonchev–Trinajstić information content (AvgIpc) is 2.92. The largest absolute Gasteiger partial charge is 0.348 e. The normalized spacial score (nSPS) is 12.1. The van der Waals surface area contributed by atoms with E-state index < -0.39 is 0 Å². The first kappa shape index (κ1) is 12.2. The Labute approximate surface area is 104 Å². The Hall–Kier alpha value is -2.28. The van der Waals surface area contributed by atoms with Crippen molar-refractivity contribution in [1.29, 1.82) is 0 Å². The number of rotatable bonds is 4. The molecule has 0 aliphatic rings. The lowest BCUT2D eigenvalue weighted by atomic mass is 10.2. The Morgan fingerprint density at radius 3 is 2.72 bits per heavy atom. The van der Waals surface area contributed by atoms with E-state index in [9.17, 15) is 4.79 Å². The predicted octanol–water partition coefficient (Wildman–Crippen LogP) is -0.261. The summed E-state index contributed by atoms with van der Waals surface area (Å²) in [6.45, 7) is 2.27. The summed E-state index contributed by atoms with van der Waals surface area (Å²) in [6, 6.07) is 6.94. The molecule has 0 saturated heterocycles. The second-order valence-corrected chi connectivity index (χ2v) is 3.91. The monoisotopic (exact) mass is 246 g/mol. The van der Waals surface area contributed by atoms with E-state index in [1.54, 1.807) is 24.3 Å². The molecule has 2 aromatic rings. The van der Waals surface area contributed by atoms with E-state index in [0.717, 1.165) is 5.69 Å². The molecule has 0 aliphatic heterocycles. The van der Waals surface area contributed by atoms with Crippen LogP contribution in [0, 0.1) is 0 Å². The fraction of sp³-hybridized carbons (Fsp3) is 0.273. The van der Waals surface area contributed by atoms with Crippen LogP contribution in [-0.4, -0.2) is 38.7 Å². The number of tetrazole rings is 1. The van der Waals surface area contributed by atoms with Gasteiger partial charge < -0.3 is 11.1 Å². The second-order valence-electron chi connectivity index (χ2n) is 3.91. The number of nitrogens with one attached hydrogen (secondary N) is 1. The van der Waals surface area contributed by atoms with Crippen molar-refractivity contribution in [1.82, 2.24) is 25.5 Å². The van der Waals surface area contributed by atoms with Crippen LogP contribution in [-0.2, 0) is 0 Å². The molecule has 94 valence electrons. The molecular weight excluding hydrogens is 232 g/mol. The van der Waals surface area contributed by atoms with Crippen LogP contribution in [0.5, 0.6) is 0 Å². The summed E-state index contributed by atoms with van der Waals surface area (Å²) in [6.07, 6.45) is 1.49. The first-order valence-corrected chi connectivity index (χ1v) is 5.55. The highest BCUT2D eigenvalue weighted by Gasteiger charge is 2.08. The molecule has 0 bridgehead atoms. The molecule has 1 atom stereocenters. The van der Waals surface area contributed by atoms with Crippen molar-refractivity contribution in [3.8, 4) is 5.69 Å². The van der Waals surface area contributed by atoms with Crippen molar-refractivity contribution in [2.24, 2.45) is 5.73 Å². The zero-order chi connectivity index (χ0) is 13.0. The molecule has 1 aromatic heterocycles. The van der Waals surface area contributed by atoms with E-state index >= 15 is 0 Å². The van der Waals surface area contributed by atoms with Crippen LogP contribution in [0.2, 0.25) is 0 Å².